The number of nitro groups is 1. The Morgan fingerprint density at radius 3 is 2.53 bits per heavy atom. The normalized spacial score (nSPS) is 10.3. The molecule has 0 bridgehead atoms. The van der Waals surface area contributed by atoms with Crippen LogP contribution in [0.2, 0.25) is 0 Å². The average Bonchev–Trinajstić information content (AvgIpc) is 2.33. The molecule has 4 nitrogen and oxygen atoms in total. The zero-order valence-corrected chi connectivity index (χ0v) is 12.8. The molecular weight excluding hydrogens is 355 g/mol. The van der Waals surface area contributed by atoms with E-state index in [2.05, 4.69) is 17.4 Å². The van der Waals surface area contributed by atoms with Gasteiger partial charge in [-0.2, -0.15) is 0 Å². The van der Waals surface area contributed by atoms with Crippen molar-refractivity contribution in [2.45, 2.75) is 13.8 Å². The molecule has 2 aromatic carbocycles. The Balaban J connectivity index is 2.31. The number of rotatable bonds is 3. The first-order valence-electron chi connectivity index (χ1n) is 5.75. The molecule has 2 aromatic rings. The van der Waals surface area contributed by atoms with Gasteiger partial charge in [0, 0.05) is 17.4 Å². The molecule has 0 amide bonds. The maximum atomic E-state index is 10.8. The molecule has 0 radical (unpaired) electrons. The van der Waals surface area contributed by atoms with E-state index in [9.17, 15) is 10.1 Å². The summed E-state index contributed by atoms with van der Waals surface area (Å²) in [6.07, 6.45) is 0. The van der Waals surface area contributed by atoms with Crippen molar-refractivity contribution in [1.29, 1.82) is 0 Å². The van der Waals surface area contributed by atoms with Gasteiger partial charge in [0.05, 0.1) is 8.49 Å². The minimum atomic E-state index is -0.372. The van der Waals surface area contributed by atoms with E-state index in [0.29, 0.717) is 3.57 Å². The number of hydrogen-bond acceptors (Lipinski definition) is 3. The van der Waals surface area contributed by atoms with E-state index in [1.54, 1.807) is 12.1 Å². The Morgan fingerprint density at radius 2 is 1.89 bits per heavy atom. The van der Waals surface area contributed by atoms with Crippen LogP contribution >= 0.6 is 22.6 Å². The van der Waals surface area contributed by atoms with Crippen LogP contribution in [0.3, 0.4) is 0 Å². The third kappa shape index (κ3) is 3.23. The Hall–Kier alpha value is -1.63. The van der Waals surface area contributed by atoms with E-state index < -0.39 is 0 Å². The molecular formula is C14H13IN2O2. The highest BCUT2D eigenvalue weighted by molar-refractivity contribution is 14.1. The molecule has 0 aliphatic rings. The van der Waals surface area contributed by atoms with Gasteiger partial charge in [0.2, 0.25) is 0 Å². The van der Waals surface area contributed by atoms with Crippen molar-refractivity contribution in [3.8, 4) is 0 Å². The number of nitrogens with zero attached hydrogens (tertiary/aromatic N) is 1. The molecule has 0 spiro atoms. The fraction of sp³-hybridized carbons (Fsp3) is 0.143. The van der Waals surface area contributed by atoms with Gasteiger partial charge in [0.25, 0.3) is 5.69 Å². The molecule has 0 atom stereocenters. The van der Waals surface area contributed by atoms with Crippen molar-refractivity contribution >= 4 is 39.7 Å². The summed E-state index contributed by atoms with van der Waals surface area (Å²) in [7, 11) is 0. The van der Waals surface area contributed by atoms with Gasteiger partial charge in [-0.05, 0) is 65.8 Å². The average molecular weight is 368 g/mol. The largest absolute Gasteiger partial charge is 0.355 e. The maximum absolute atomic E-state index is 10.8. The summed E-state index contributed by atoms with van der Waals surface area (Å²) in [6, 6.07) is 11.2. The molecule has 0 aromatic heterocycles. The van der Waals surface area contributed by atoms with Gasteiger partial charge < -0.3 is 5.32 Å². The van der Waals surface area contributed by atoms with Gasteiger partial charge in [0.1, 0.15) is 0 Å². The number of aryl methyl sites for hydroxylation is 2. The fourth-order valence-electron chi connectivity index (χ4n) is 1.76. The summed E-state index contributed by atoms with van der Waals surface area (Å²) >= 11 is 1.98. The third-order valence-corrected chi connectivity index (χ3v) is 3.68. The SMILES string of the molecule is Cc1ccc(C)c(Nc2ccc([N+](=O)[O-])c(I)c2)c1. The first-order valence-corrected chi connectivity index (χ1v) is 6.83. The smallest absolute Gasteiger partial charge is 0.282 e. The van der Waals surface area contributed by atoms with E-state index in [-0.39, 0.29) is 10.6 Å². The first kappa shape index (κ1) is 13.8. The van der Waals surface area contributed by atoms with Crippen LogP contribution in [0.4, 0.5) is 17.1 Å². The highest BCUT2D eigenvalue weighted by atomic mass is 127. The van der Waals surface area contributed by atoms with Crippen molar-refractivity contribution in [1.82, 2.24) is 0 Å². The van der Waals surface area contributed by atoms with Gasteiger partial charge in [0.15, 0.2) is 0 Å². The van der Waals surface area contributed by atoms with Crippen molar-refractivity contribution in [2.75, 3.05) is 5.32 Å². The lowest BCUT2D eigenvalue weighted by Gasteiger charge is -2.11. The van der Waals surface area contributed by atoms with Gasteiger partial charge in [-0.25, -0.2) is 0 Å². The molecule has 0 unspecified atom stereocenters. The zero-order chi connectivity index (χ0) is 14.0. The summed E-state index contributed by atoms with van der Waals surface area (Å²) in [4.78, 5) is 10.4. The molecule has 19 heavy (non-hydrogen) atoms. The summed E-state index contributed by atoms with van der Waals surface area (Å²) in [5.41, 5.74) is 4.31. The van der Waals surface area contributed by atoms with Crippen LogP contribution in [0.1, 0.15) is 11.1 Å². The van der Waals surface area contributed by atoms with E-state index in [1.165, 1.54) is 11.6 Å². The molecule has 0 saturated heterocycles. The van der Waals surface area contributed by atoms with Crippen molar-refractivity contribution in [3.05, 3.63) is 61.2 Å². The Bertz CT molecular complexity index is 641. The van der Waals surface area contributed by atoms with Crippen molar-refractivity contribution < 1.29 is 4.92 Å². The first-order chi connectivity index (χ1) is 8.97. The van der Waals surface area contributed by atoms with E-state index >= 15 is 0 Å². The van der Waals surface area contributed by atoms with Crippen LogP contribution in [0.25, 0.3) is 0 Å². The van der Waals surface area contributed by atoms with Crippen LogP contribution in [-0.4, -0.2) is 4.92 Å². The molecule has 0 aliphatic carbocycles. The van der Waals surface area contributed by atoms with Crippen molar-refractivity contribution in [3.63, 3.8) is 0 Å². The van der Waals surface area contributed by atoms with Gasteiger partial charge >= 0.3 is 0 Å². The van der Waals surface area contributed by atoms with Gasteiger partial charge in [-0.3, -0.25) is 10.1 Å². The second-order valence-corrected chi connectivity index (χ2v) is 5.53. The lowest BCUT2D eigenvalue weighted by atomic mass is 10.1. The van der Waals surface area contributed by atoms with Crippen LogP contribution in [0.5, 0.6) is 0 Å². The van der Waals surface area contributed by atoms with Crippen LogP contribution < -0.4 is 5.32 Å². The Kier molecular flexibility index (Phi) is 4.04. The number of hydrogen-bond donors (Lipinski definition) is 1. The molecule has 5 heteroatoms. The lowest BCUT2D eigenvalue weighted by Crippen LogP contribution is -1.96. The summed E-state index contributed by atoms with van der Waals surface area (Å²) < 4.78 is 0.623. The summed E-state index contributed by atoms with van der Waals surface area (Å²) in [6.45, 7) is 4.06. The van der Waals surface area contributed by atoms with E-state index in [0.717, 1.165) is 16.9 Å². The molecule has 0 saturated carbocycles. The second kappa shape index (κ2) is 5.56. The number of benzene rings is 2. The number of nitro benzene ring substituents is 1. The molecule has 1 N–H and O–H groups in total. The fourth-order valence-corrected chi connectivity index (χ4v) is 2.47. The van der Waals surface area contributed by atoms with Crippen LogP contribution in [0, 0.1) is 27.5 Å². The lowest BCUT2D eigenvalue weighted by molar-refractivity contribution is -0.385. The topological polar surface area (TPSA) is 55.2 Å². The number of anilines is 2. The molecule has 0 aliphatic heterocycles. The molecule has 98 valence electrons. The summed E-state index contributed by atoms with van der Waals surface area (Å²) in [5.74, 6) is 0. The highest BCUT2D eigenvalue weighted by Crippen LogP contribution is 2.27. The highest BCUT2D eigenvalue weighted by Gasteiger charge is 2.11. The van der Waals surface area contributed by atoms with Crippen molar-refractivity contribution in [2.24, 2.45) is 0 Å². The minimum Gasteiger partial charge on any atom is -0.355 e. The van der Waals surface area contributed by atoms with E-state index in [1.807, 2.05) is 42.5 Å². The quantitative estimate of drug-likeness (QED) is 0.491. The number of nitrogens with one attached hydrogen (secondary N) is 1. The monoisotopic (exact) mass is 368 g/mol. The third-order valence-electron chi connectivity index (χ3n) is 2.82. The predicted octanol–water partition coefficient (Wildman–Crippen LogP) is 4.56. The predicted molar refractivity (Wildman–Crippen MR) is 85.0 cm³/mol. The maximum Gasteiger partial charge on any atom is 0.282 e. The minimum absolute atomic E-state index is 0.132. The Labute approximate surface area is 125 Å². The molecule has 0 heterocycles. The zero-order valence-electron chi connectivity index (χ0n) is 10.6. The van der Waals surface area contributed by atoms with E-state index in [4.69, 9.17) is 0 Å². The standard InChI is InChI=1S/C14H13IN2O2/c1-9-3-4-10(2)13(7-9)16-11-5-6-14(17(18)19)12(15)8-11/h3-8,16H,1-2H3. The van der Waals surface area contributed by atoms with Crippen LogP contribution in [-0.2, 0) is 0 Å². The Morgan fingerprint density at radius 1 is 1.16 bits per heavy atom. The van der Waals surface area contributed by atoms with Gasteiger partial charge in [-0.1, -0.05) is 12.1 Å². The number of halogens is 1. The van der Waals surface area contributed by atoms with Gasteiger partial charge in [-0.15, -0.1) is 0 Å². The second-order valence-electron chi connectivity index (χ2n) is 4.37. The summed E-state index contributed by atoms with van der Waals surface area (Å²) in [5, 5.41) is 14.1. The molecule has 2 rings (SSSR count). The molecule has 0 fully saturated rings. The van der Waals surface area contributed by atoms with Crippen LogP contribution in [0.15, 0.2) is 36.4 Å².